The zero-order chi connectivity index (χ0) is 22.2. The van der Waals surface area contributed by atoms with E-state index in [1.165, 1.54) is 5.56 Å². The van der Waals surface area contributed by atoms with E-state index in [0.717, 1.165) is 51.9 Å². The highest BCUT2D eigenvalue weighted by molar-refractivity contribution is 5.91. The number of hydrogen-bond donors (Lipinski definition) is 0. The molecule has 1 aliphatic heterocycles. The number of nitrogens with zero attached hydrogens (tertiary/aromatic N) is 2. The van der Waals surface area contributed by atoms with Crippen LogP contribution in [0.4, 0.5) is 0 Å². The smallest absolute Gasteiger partial charge is 0.291 e. The molecule has 0 N–H and O–H groups in total. The molecular formula is C27H23N2O3+. The van der Waals surface area contributed by atoms with Crippen LogP contribution < -0.4 is 18.8 Å². The van der Waals surface area contributed by atoms with E-state index in [9.17, 15) is 5.26 Å². The largest absolute Gasteiger partial charge is 0.496 e. The maximum absolute atomic E-state index is 10.1. The van der Waals surface area contributed by atoms with Gasteiger partial charge in [-0.3, -0.25) is 0 Å². The number of nitriles is 1. The van der Waals surface area contributed by atoms with Gasteiger partial charge in [0.1, 0.15) is 5.75 Å². The fourth-order valence-corrected chi connectivity index (χ4v) is 4.60. The number of benzene rings is 3. The number of pyridine rings is 1. The maximum atomic E-state index is 10.1. The standard InChI is InChI=1S/C27H23N2O3/c1-30-25-12-18-9-10-29-23(20(18)14-22(25)17-7-5-4-6-8-17)11-19-13-26(31-2)27(32-3)15-21(19)24(29)16-28/h4-8,11-15H,9-10H2,1-3H3/q+1. The van der Waals surface area contributed by atoms with Crippen LogP contribution in [0, 0.1) is 11.3 Å². The van der Waals surface area contributed by atoms with Crippen LogP contribution in [0.1, 0.15) is 11.3 Å². The van der Waals surface area contributed by atoms with Crippen molar-refractivity contribution >= 4 is 10.8 Å². The van der Waals surface area contributed by atoms with Crippen molar-refractivity contribution in [2.45, 2.75) is 13.0 Å². The van der Waals surface area contributed by atoms with Gasteiger partial charge in [0.05, 0.1) is 32.3 Å². The first kappa shape index (κ1) is 19.9. The Labute approximate surface area is 187 Å². The first-order chi connectivity index (χ1) is 15.7. The van der Waals surface area contributed by atoms with Gasteiger partial charge < -0.3 is 14.2 Å². The zero-order valence-corrected chi connectivity index (χ0v) is 18.3. The summed E-state index contributed by atoms with van der Waals surface area (Å²) >= 11 is 0. The molecule has 1 aromatic heterocycles. The number of methoxy groups -OCH3 is 3. The van der Waals surface area contributed by atoms with Gasteiger partial charge in [0.25, 0.3) is 5.69 Å². The molecule has 4 aromatic rings. The quantitative estimate of drug-likeness (QED) is 0.438. The van der Waals surface area contributed by atoms with Crippen molar-refractivity contribution in [1.82, 2.24) is 0 Å². The van der Waals surface area contributed by atoms with Crippen LogP contribution in [-0.2, 0) is 13.0 Å². The first-order valence-electron chi connectivity index (χ1n) is 10.5. The Balaban J connectivity index is 1.81. The minimum Gasteiger partial charge on any atom is -0.496 e. The highest BCUT2D eigenvalue weighted by Crippen LogP contribution is 2.40. The van der Waals surface area contributed by atoms with E-state index in [-0.39, 0.29) is 0 Å². The Hall–Kier alpha value is -4.04. The van der Waals surface area contributed by atoms with Crippen LogP contribution in [0.2, 0.25) is 0 Å². The summed E-state index contributed by atoms with van der Waals surface area (Å²) in [4.78, 5) is 0. The molecule has 0 saturated carbocycles. The molecule has 0 amide bonds. The highest BCUT2D eigenvalue weighted by Gasteiger charge is 2.30. The molecule has 0 fully saturated rings. The molecule has 0 aliphatic carbocycles. The lowest BCUT2D eigenvalue weighted by Gasteiger charge is -2.20. The molecule has 5 rings (SSSR count). The van der Waals surface area contributed by atoms with E-state index in [1.54, 1.807) is 21.3 Å². The van der Waals surface area contributed by atoms with Gasteiger partial charge in [0.15, 0.2) is 24.1 Å². The number of hydrogen-bond acceptors (Lipinski definition) is 4. The van der Waals surface area contributed by atoms with Crippen molar-refractivity contribution in [2.75, 3.05) is 21.3 Å². The topological polar surface area (TPSA) is 55.4 Å². The molecule has 0 unspecified atom stereocenters. The second kappa shape index (κ2) is 7.90. The van der Waals surface area contributed by atoms with E-state index >= 15 is 0 Å². The summed E-state index contributed by atoms with van der Waals surface area (Å²) in [6, 6.07) is 22.9. The van der Waals surface area contributed by atoms with Crippen LogP contribution in [0.15, 0.2) is 60.7 Å². The van der Waals surface area contributed by atoms with Crippen LogP contribution in [0.25, 0.3) is 33.2 Å². The van der Waals surface area contributed by atoms with Crippen molar-refractivity contribution < 1.29 is 18.8 Å². The fraction of sp³-hybridized carbons (Fsp3) is 0.185. The van der Waals surface area contributed by atoms with Crippen molar-refractivity contribution in [3.8, 4) is 45.7 Å². The minimum atomic E-state index is 0.615. The van der Waals surface area contributed by atoms with E-state index in [2.05, 4.69) is 41.0 Å². The van der Waals surface area contributed by atoms with Gasteiger partial charge in [-0.1, -0.05) is 30.3 Å². The summed E-state index contributed by atoms with van der Waals surface area (Å²) in [5, 5.41) is 11.9. The molecule has 0 bridgehead atoms. The Morgan fingerprint density at radius 3 is 2.22 bits per heavy atom. The average Bonchev–Trinajstić information content (AvgIpc) is 2.85. The maximum Gasteiger partial charge on any atom is 0.291 e. The number of rotatable bonds is 4. The van der Waals surface area contributed by atoms with Gasteiger partial charge >= 0.3 is 0 Å². The molecule has 0 radical (unpaired) electrons. The lowest BCUT2D eigenvalue weighted by molar-refractivity contribution is -0.688. The van der Waals surface area contributed by atoms with Crippen molar-refractivity contribution in [3.63, 3.8) is 0 Å². The predicted octanol–water partition coefficient (Wildman–Crippen LogP) is 4.91. The van der Waals surface area contributed by atoms with Gasteiger partial charge in [0, 0.05) is 18.1 Å². The molecule has 32 heavy (non-hydrogen) atoms. The minimum absolute atomic E-state index is 0.615. The van der Waals surface area contributed by atoms with Crippen LogP contribution in [0.3, 0.4) is 0 Å². The Morgan fingerprint density at radius 1 is 0.812 bits per heavy atom. The summed E-state index contributed by atoms with van der Waals surface area (Å²) in [6.07, 6.45) is 0.825. The van der Waals surface area contributed by atoms with Gasteiger partial charge in [0.2, 0.25) is 5.69 Å². The van der Waals surface area contributed by atoms with Crippen molar-refractivity contribution in [3.05, 3.63) is 71.9 Å². The second-order valence-electron chi connectivity index (χ2n) is 7.76. The third-order valence-electron chi connectivity index (χ3n) is 6.16. The molecule has 0 saturated heterocycles. The molecule has 5 nitrogen and oxygen atoms in total. The third-order valence-corrected chi connectivity index (χ3v) is 6.16. The molecule has 2 heterocycles. The number of fused-ring (bicyclic) bond motifs is 4. The van der Waals surface area contributed by atoms with Gasteiger partial charge in [-0.15, -0.1) is 0 Å². The molecular weight excluding hydrogens is 400 g/mol. The Kier molecular flexibility index (Phi) is 4.91. The van der Waals surface area contributed by atoms with Crippen LogP contribution >= 0.6 is 0 Å². The summed E-state index contributed by atoms with van der Waals surface area (Å²) in [7, 11) is 4.94. The van der Waals surface area contributed by atoms with Gasteiger partial charge in [-0.05, 0) is 40.8 Å². The third kappa shape index (κ3) is 3.04. The fourth-order valence-electron chi connectivity index (χ4n) is 4.60. The Bertz CT molecular complexity index is 1390. The van der Waals surface area contributed by atoms with E-state index < -0.39 is 0 Å². The summed E-state index contributed by atoms with van der Waals surface area (Å²) in [5.74, 6) is 2.12. The first-order valence-corrected chi connectivity index (χ1v) is 10.5. The summed E-state index contributed by atoms with van der Waals surface area (Å²) in [6.45, 7) is 0.726. The normalized spacial score (nSPS) is 11.9. The van der Waals surface area contributed by atoms with Crippen molar-refractivity contribution in [2.24, 2.45) is 0 Å². The molecule has 0 spiro atoms. The lowest BCUT2D eigenvalue weighted by atomic mass is 9.90. The molecule has 1 aliphatic rings. The van der Waals surface area contributed by atoms with Crippen LogP contribution in [-0.4, -0.2) is 21.3 Å². The van der Waals surface area contributed by atoms with Crippen molar-refractivity contribution in [1.29, 1.82) is 5.26 Å². The average molecular weight is 423 g/mol. The zero-order valence-electron chi connectivity index (χ0n) is 18.3. The van der Waals surface area contributed by atoms with E-state index in [1.807, 2.05) is 30.3 Å². The highest BCUT2D eigenvalue weighted by atomic mass is 16.5. The summed E-state index contributed by atoms with van der Waals surface area (Å²) in [5.41, 5.74) is 6.10. The summed E-state index contributed by atoms with van der Waals surface area (Å²) < 4.78 is 18.8. The van der Waals surface area contributed by atoms with Gasteiger partial charge in [-0.25, -0.2) is 0 Å². The molecule has 158 valence electrons. The predicted molar refractivity (Wildman–Crippen MR) is 123 cm³/mol. The van der Waals surface area contributed by atoms with E-state index in [0.29, 0.717) is 17.2 Å². The van der Waals surface area contributed by atoms with Crippen LogP contribution in [0.5, 0.6) is 17.2 Å². The molecule has 5 heteroatoms. The molecule has 0 atom stereocenters. The molecule has 3 aromatic carbocycles. The SMILES string of the molecule is COc1cc2cc3[n+](c(C#N)c2cc1OC)CCc1cc(OC)c(-c2ccccc2)cc1-3. The number of ether oxygens (including phenoxy) is 3. The second-order valence-corrected chi connectivity index (χ2v) is 7.76. The Morgan fingerprint density at radius 2 is 1.53 bits per heavy atom. The monoisotopic (exact) mass is 423 g/mol. The van der Waals surface area contributed by atoms with E-state index in [4.69, 9.17) is 14.2 Å². The lowest BCUT2D eigenvalue weighted by Crippen LogP contribution is -2.43. The number of aromatic nitrogens is 1. The van der Waals surface area contributed by atoms with Gasteiger partial charge in [-0.2, -0.15) is 9.83 Å². The number of aryl methyl sites for hydroxylation is 1.